The van der Waals surface area contributed by atoms with Gasteiger partial charge in [0.15, 0.2) is 0 Å². The minimum Gasteiger partial charge on any atom is -0.379 e. The number of ether oxygens (including phenoxy) is 1. The molecule has 1 aromatic carbocycles. The van der Waals surface area contributed by atoms with Crippen molar-refractivity contribution in [2.45, 2.75) is 31.6 Å². The van der Waals surface area contributed by atoms with Gasteiger partial charge in [0.1, 0.15) is 0 Å². The van der Waals surface area contributed by atoms with Crippen LogP contribution in [0.2, 0.25) is 0 Å². The Morgan fingerprint density at radius 3 is 2.59 bits per heavy atom. The van der Waals surface area contributed by atoms with Gasteiger partial charge < -0.3 is 14.2 Å². The Hall–Kier alpha value is -1.74. The van der Waals surface area contributed by atoms with Crippen molar-refractivity contribution in [2.24, 2.45) is 0 Å². The number of aromatic nitrogens is 2. The number of hydrogen-bond donors (Lipinski definition) is 0. The second-order valence-corrected chi connectivity index (χ2v) is 9.72. The van der Waals surface area contributed by atoms with E-state index in [0.29, 0.717) is 13.1 Å². The highest BCUT2D eigenvalue weighted by molar-refractivity contribution is 7.91. The Labute approximate surface area is 174 Å². The largest absolute Gasteiger partial charge is 0.379 e. The van der Waals surface area contributed by atoms with Crippen LogP contribution in [0.25, 0.3) is 0 Å². The zero-order chi connectivity index (χ0) is 20.7. The van der Waals surface area contributed by atoms with Crippen molar-refractivity contribution in [1.29, 1.82) is 0 Å². The van der Waals surface area contributed by atoms with Crippen LogP contribution < -0.4 is 0 Å². The summed E-state index contributed by atoms with van der Waals surface area (Å²) in [4.78, 5) is 8.96. The molecule has 0 N–H and O–H groups in total. The zero-order valence-corrected chi connectivity index (χ0v) is 18.3. The maximum Gasteiger partial charge on any atom is 0.228 e. The van der Waals surface area contributed by atoms with E-state index in [4.69, 9.17) is 4.74 Å². The number of benzene rings is 1. The van der Waals surface area contributed by atoms with Crippen molar-refractivity contribution in [3.8, 4) is 0 Å². The van der Waals surface area contributed by atoms with Gasteiger partial charge in [-0.25, -0.2) is 13.4 Å². The molecule has 0 spiro atoms. The zero-order valence-electron chi connectivity index (χ0n) is 17.5. The first-order chi connectivity index (χ1) is 14.0. The Balaban J connectivity index is 1.67. The van der Waals surface area contributed by atoms with Crippen LogP contribution in [-0.2, 0) is 27.7 Å². The fourth-order valence-corrected chi connectivity index (χ4v) is 4.56. The van der Waals surface area contributed by atoms with Crippen molar-refractivity contribution >= 4 is 9.84 Å². The van der Waals surface area contributed by atoms with Crippen LogP contribution in [0.1, 0.15) is 24.6 Å². The molecule has 29 heavy (non-hydrogen) atoms. The molecule has 0 aliphatic carbocycles. The molecule has 1 aliphatic heterocycles. The smallest absolute Gasteiger partial charge is 0.228 e. The molecule has 2 heterocycles. The summed E-state index contributed by atoms with van der Waals surface area (Å²) in [5, 5.41) is 0.167. The normalized spacial score (nSPS) is 15.8. The molecule has 3 rings (SSSR count). The summed E-state index contributed by atoms with van der Waals surface area (Å²) in [7, 11) is -1.30. The Morgan fingerprint density at radius 1 is 1.17 bits per heavy atom. The van der Waals surface area contributed by atoms with E-state index in [1.807, 2.05) is 34.9 Å². The van der Waals surface area contributed by atoms with Crippen LogP contribution >= 0.6 is 0 Å². The van der Waals surface area contributed by atoms with Gasteiger partial charge in [0, 0.05) is 19.6 Å². The van der Waals surface area contributed by atoms with E-state index >= 15 is 0 Å². The van der Waals surface area contributed by atoms with Crippen molar-refractivity contribution in [3.05, 3.63) is 47.8 Å². The van der Waals surface area contributed by atoms with Gasteiger partial charge in [0.05, 0.1) is 37.4 Å². The summed E-state index contributed by atoms with van der Waals surface area (Å²) in [5.41, 5.74) is 1.99. The molecule has 1 aliphatic rings. The Bertz CT molecular complexity index is 861. The van der Waals surface area contributed by atoms with Crippen LogP contribution in [0.3, 0.4) is 0 Å². The molecular formula is C21H32N4O3S. The van der Waals surface area contributed by atoms with Crippen molar-refractivity contribution in [2.75, 3.05) is 52.2 Å². The Morgan fingerprint density at radius 2 is 1.90 bits per heavy atom. The van der Waals surface area contributed by atoms with Gasteiger partial charge in [-0.15, -0.1) is 0 Å². The maximum absolute atomic E-state index is 12.5. The Kier molecular flexibility index (Phi) is 7.83. The molecule has 0 bridgehead atoms. The van der Waals surface area contributed by atoms with Gasteiger partial charge in [0.2, 0.25) is 15.0 Å². The lowest BCUT2D eigenvalue weighted by Gasteiger charge is -2.27. The number of hydrogen-bond acceptors (Lipinski definition) is 6. The number of imidazole rings is 1. The number of rotatable bonds is 10. The van der Waals surface area contributed by atoms with E-state index in [9.17, 15) is 8.42 Å². The number of nitrogens with zero attached hydrogens (tertiary/aromatic N) is 4. The molecule has 0 saturated carbocycles. The van der Waals surface area contributed by atoms with Crippen LogP contribution in [-0.4, -0.2) is 80.0 Å². The van der Waals surface area contributed by atoms with Crippen LogP contribution in [0.5, 0.6) is 0 Å². The fraction of sp³-hybridized carbons (Fsp3) is 0.571. The van der Waals surface area contributed by atoms with Crippen molar-refractivity contribution in [1.82, 2.24) is 19.4 Å². The predicted octanol–water partition coefficient (Wildman–Crippen LogP) is 1.88. The third-order valence-corrected chi connectivity index (χ3v) is 6.94. The average molecular weight is 421 g/mol. The van der Waals surface area contributed by atoms with Gasteiger partial charge in [-0.3, -0.25) is 4.90 Å². The lowest BCUT2D eigenvalue weighted by Crippen LogP contribution is -2.37. The molecule has 160 valence electrons. The monoisotopic (exact) mass is 420 g/mol. The third kappa shape index (κ3) is 6.12. The molecule has 0 atom stereocenters. The fourth-order valence-electron chi connectivity index (χ4n) is 3.58. The van der Waals surface area contributed by atoms with E-state index in [2.05, 4.69) is 21.8 Å². The molecule has 8 heteroatoms. The first kappa shape index (κ1) is 22.0. The molecule has 1 fully saturated rings. The minimum atomic E-state index is -3.38. The maximum atomic E-state index is 12.5. The van der Waals surface area contributed by atoms with E-state index in [-0.39, 0.29) is 10.9 Å². The van der Waals surface area contributed by atoms with E-state index < -0.39 is 9.84 Å². The van der Waals surface area contributed by atoms with Gasteiger partial charge in [-0.2, -0.15) is 0 Å². The van der Waals surface area contributed by atoms with E-state index in [0.717, 1.165) is 57.1 Å². The topological polar surface area (TPSA) is 67.7 Å². The van der Waals surface area contributed by atoms with Crippen LogP contribution in [0, 0.1) is 0 Å². The summed E-state index contributed by atoms with van der Waals surface area (Å²) in [6.45, 7) is 8.50. The third-order valence-electron chi connectivity index (χ3n) is 5.29. The second-order valence-electron chi connectivity index (χ2n) is 7.55. The predicted molar refractivity (Wildman–Crippen MR) is 114 cm³/mol. The molecule has 7 nitrogen and oxygen atoms in total. The minimum absolute atomic E-state index is 0.0492. The van der Waals surface area contributed by atoms with Gasteiger partial charge in [0.25, 0.3) is 0 Å². The summed E-state index contributed by atoms with van der Waals surface area (Å²) >= 11 is 0. The highest BCUT2D eigenvalue weighted by atomic mass is 32.2. The first-order valence-electron chi connectivity index (χ1n) is 10.3. The lowest BCUT2D eigenvalue weighted by molar-refractivity contribution is 0.0363. The average Bonchev–Trinajstić information content (AvgIpc) is 3.12. The highest BCUT2D eigenvalue weighted by Crippen LogP contribution is 2.17. The molecule has 0 amide bonds. The standard InChI is InChI=1S/C21H32N4O3S/c1-3-29(26,27)21-22-16-20(25(21)17-19-8-5-4-6-9-19)18-23(2)10-7-11-24-12-14-28-15-13-24/h4-6,8-9,16H,3,7,10-15,17-18H2,1-2H3. The summed E-state index contributed by atoms with van der Waals surface area (Å²) < 4.78 is 32.3. The molecule has 1 saturated heterocycles. The highest BCUT2D eigenvalue weighted by Gasteiger charge is 2.22. The molecular weight excluding hydrogens is 388 g/mol. The summed E-state index contributed by atoms with van der Waals surface area (Å²) in [6, 6.07) is 9.93. The van der Waals surface area contributed by atoms with Crippen LogP contribution in [0.15, 0.2) is 41.7 Å². The van der Waals surface area contributed by atoms with E-state index in [1.165, 1.54) is 0 Å². The first-order valence-corrected chi connectivity index (χ1v) is 11.9. The lowest BCUT2D eigenvalue weighted by atomic mass is 10.2. The quantitative estimate of drug-likeness (QED) is 0.585. The summed E-state index contributed by atoms with van der Waals surface area (Å²) in [5.74, 6) is 0.0492. The van der Waals surface area contributed by atoms with Crippen molar-refractivity contribution < 1.29 is 13.2 Å². The van der Waals surface area contributed by atoms with E-state index in [1.54, 1.807) is 13.1 Å². The van der Waals surface area contributed by atoms with Crippen LogP contribution in [0.4, 0.5) is 0 Å². The van der Waals surface area contributed by atoms with Gasteiger partial charge in [-0.05, 0) is 32.1 Å². The molecule has 1 aromatic heterocycles. The second kappa shape index (κ2) is 10.3. The molecule has 0 radical (unpaired) electrons. The number of sulfone groups is 1. The SMILES string of the molecule is CCS(=O)(=O)c1ncc(CN(C)CCCN2CCOCC2)n1Cc1ccccc1. The summed E-state index contributed by atoms with van der Waals surface area (Å²) in [6.07, 6.45) is 2.79. The molecule has 2 aromatic rings. The molecule has 0 unspecified atom stereocenters. The van der Waals surface area contributed by atoms with Crippen molar-refractivity contribution in [3.63, 3.8) is 0 Å². The van der Waals surface area contributed by atoms with Gasteiger partial charge in [-0.1, -0.05) is 37.3 Å². The number of morpholine rings is 1. The van der Waals surface area contributed by atoms with Gasteiger partial charge >= 0.3 is 0 Å².